The van der Waals surface area contributed by atoms with Crippen LogP contribution in [-0.2, 0) is 4.79 Å². The van der Waals surface area contributed by atoms with Crippen molar-refractivity contribution in [3.63, 3.8) is 0 Å². The van der Waals surface area contributed by atoms with Crippen molar-refractivity contribution in [2.45, 2.75) is 6.92 Å². The Morgan fingerprint density at radius 3 is 2.10 bits per heavy atom. The number of nitrogens with zero attached hydrogens (tertiary/aromatic N) is 1. The highest BCUT2D eigenvalue weighted by atomic mass is 79.9. The molecule has 0 aromatic heterocycles. The molecular weight excluding hydrogens is 430 g/mol. The van der Waals surface area contributed by atoms with Crippen LogP contribution in [0.5, 0.6) is 0 Å². The van der Waals surface area contributed by atoms with Crippen LogP contribution in [0.25, 0.3) is 0 Å². The number of rotatable bonds is 7. The van der Waals surface area contributed by atoms with Crippen molar-refractivity contribution in [2.75, 3.05) is 28.6 Å². The third kappa shape index (κ3) is 5.68. The van der Waals surface area contributed by atoms with Crippen molar-refractivity contribution in [3.05, 3.63) is 88.9 Å². The van der Waals surface area contributed by atoms with Gasteiger partial charge < -0.3 is 15.5 Å². The highest BCUT2D eigenvalue weighted by Crippen LogP contribution is 2.18. The fraction of sp³-hybridized carbons (Fsp3) is 0.130. The molecule has 0 fully saturated rings. The first kappa shape index (κ1) is 20.6. The Morgan fingerprint density at radius 1 is 0.862 bits per heavy atom. The van der Waals surface area contributed by atoms with E-state index in [0.29, 0.717) is 17.8 Å². The molecule has 2 N–H and O–H groups in total. The lowest BCUT2D eigenvalue weighted by atomic mass is 10.1. The molecule has 5 nitrogen and oxygen atoms in total. The van der Waals surface area contributed by atoms with E-state index in [1.165, 1.54) is 0 Å². The summed E-state index contributed by atoms with van der Waals surface area (Å²) in [4.78, 5) is 26.7. The maximum absolute atomic E-state index is 12.8. The molecule has 0 radical (unpaired) electrons. The fourth-order valence-electron chi connectivity index (χ4n) is 2.86. The minimum Gasteiger partial charge on any atom is -0.376 e. The van der Waals surface area contributed by atoms with Gasteiger partial charge in [-0.25, -0.2) is 0 Å². The Bertz CT molecular complexity index is 958. The average molecular weight is 452 g/mol. The van der Waals surface area contributed by atoms with E-state index < -0.39 is 0 Å². The molecule has 0 spiro atoms. The molecule has 3 aromatic rings. The summed E-state index contributed by atoms with van der Waals surface area (Å²) in [6, 6.07) is 24.1. The highest BCUT2D eigenvalue weighted by molar-refractivity contribution is 9.10. The van der Waals surface area contributed by atoms with Crippen LogP contribution in [0.3, 0.4) is 0 Å². The lowest BCUT2D eigenvalue weighted by Gasteiger charge is -2.21. The lowest BCUT2D eigenvalue weighted by molar-refractivity contribution is -0.114. The summed E-state index contributed by atoms with van der Waals surface area (Å²) < 4.78 is 0.982. The van der Waals surface area contributed by atoms with Gasteiger partial charge in [-0.1, -0.05) is 34.1 Å². The van der Waals surface area contributed by atoms with Gasteiger partial charge in [-0.15, -0.1) is 0 Å². The average Bonchev–Trinajstić information content (AvgIpc) is 2.75. The molecular formula is C23H22BrN3O2. The molecule has 0 aliphatic rings. The zero-order chi connectivity index (χ0) is 20.6. The van der Waals surface area contributed by atoms with Gasteiger partial charge in [-0.05, 0) is 67.6 Å². The van der Waals surface area contributed by atoms with Crippen LogP contribution in [0.2, 0.25) is 0 Å². The Labute approximate surface area is 178 Å². The summed E-state index contributed by atoms with van der Waals surface area (Å²) in [5.74, 6) is -0.236. The van der Waals surface area contributed by atoms with Crippen LogP contribution in [0.4, 0.5) is 17.1 Å². The van der Waals surface area contributed by atoms with E-state index in [4.69, 9.17) is 0 Å². The maximum atomic E-state index is 12.8. The van der Waals surface area contributed by atoms with Crippen LogP contribution in [0.1, 0.15) is 17.3 Å². The largest absolute Gasteiger partial charge is 0.376 e. The molecule has 148 valence electrons. The predicted octanol–water partition coefficient (Wildman–Crippen LogP) is 5.17. The van der Waals surface area contributed by atoms with Crippen LogP contribution < -0.4 is 15.5 Å². The van der Waals surface area contributed by atoms with Crippen LogP contribution >= 0.6 is 15.9 Å². The van der Waals surface area contributed by atoms with Gasteiger partial charge in [0.05, 0.1) is 6.54 Å². The van der Waals surface area contributed by atoms with Gasteiger partial charge in [-0.2, -0.15) is 0 Å². The van der Waals surface area contributed by atoms with E-state index in [1.807, 2.05) is 61.5 Å². The molecule has 0 atom stereocenters. The molecule has 0 saturated carbocycles. The molecule has 0 saturated heterocycles. The van der Waals surface area contributed by atoms with Gasteiger partial charge in [0.15, 0.2) is 0 Å². The summed E-state index contributed by atoms with van der Waals surface area (Å²) in [6.07, 6.45) is 0. The zero-order valence-electron chi connectivity index (χ0n) is 16.1. The van der Waals surface area contributed by atoms with Crippen molar-refractivity contribution in [1.82, 2.24) is 0 Å². The number of carbonyl (C=O) groups is 2. The quantitative estimate of drug-likeness (QED) is 0.520. The smallest absolute Gasteiger partial charge is 0.258 e. The second kappa shape index (κ2) is 9.89. The van der Waals surface area contributed by atoms with Crippen LogP contribution in [0, 0.1) is 0 Å². The van der Waals surface area contributed by atoms with E-state index in [2.05, 4.69) is 26.6 Å². The molecule has 0 bridgehead atoms. The van der Waals surface area contributed by atoms with Crippen molar-refractivity contribution in [3.8, 4) is 0 Å². The second-order valence-electron chi connectivity index (χ2n) is 6.37. The molecule has 29 heavy (non-hydrogen) atoms. The highest BCUT2D eigenvalue weighted by Gasteiger charge is 2.15. The Kier molecular flexibility index (Phi) is 7.03. The number of carbonyl (C=O) groups excluding carboxylic acids is 2. The van der Waals surface area contributed by atoms with Gasteiger partial charge in [-0.3, -0.25) is 9.59 Å². The van der Waals surface area contributed by atoms with Crippen molar-refractivity contribution >= 4 is 44.8 Å². The molecule has 0 unspecified atom stereocenters. The molecule has 3 rings (SSSR count). The van der Waals surface area contributed by atoms with Gasteiger partial charge in [0.1, 0.15) is 0 Å². The van der Waals surface area contributed by atoms with Crippen LogP contribution in [0.15, 0.2) is 83.3 Å². The number of amides is 2. The molecule has 0 aliphatic carbocycles. The Hall–Kier alpha value is -3.12. The number of hydrogen-bond donors (Lipinski definition) is 2. The predicted molar refractivity (Wildman–Crippen MR) is 121 cm³/mol. The topological polar surface area (TPSA) is 61.4 Å². The Morgan fingerprint density at radius 2 is 1.48 bits per heavy atom. The normalized spacial score (nSPS) is 10.3. The number of nitrogens with one attached hydrogen (secondary N) is 2. The Balaban J connectivity index is 1.58. The van der Waals surface area contributed by atoms with Gasteiger partial charge in [0.2, 0.25) is 5.91 Å². The second-order valence-corrected chi connectivity index (χ2v) is 7.29. The molecule has 6 heteroatoms. The lowest BCUT2D eigenvalue weighted by Crippen LogP contribution is -2.30. The third-order valence-electron chi connectivity index (χ3n) is 4.34. The van der Waals surface area contributed by atoms with E-state index in [1.54, 1.807) is 29.2 Å². The third-order valence-corrected chi connectivity index (χ3v) is 4.87. The SMILES string of the molecule is CCN(C(=O)c1ccc(NC(=O)CNc2ccc(Br)cc2)cc1)c1ccccc1. The fourth-order valence-corrected chi connectivity index (χ4v) is 3.12. The van der Waals surface area contributed by atoms with E-state index in [0.717, 1.165) is 15.8 Å². The molecule has 3 aromatic carbocycles. The van der Waals surface area contributed by atoms with E-state index in [9.17, 15) is 9.59 Å². The first-order chi connectivity index (χ1) is 14.1. The molecule has 0 aliphatic heterocycles. The molecule has 0 heterocycles. The summed E-state index contributed by atoms with van der Waals surface area (Å²) in [6.45, 7) is 2.67. The first-order valence-electron chi connectivity index (χ1n) is 9.33. The number of halogens is 1. The van der Waals surface area contributed by atoms with Crippen LogP contribution in [-0.4, -0.2) is 24.9 Å². The summed E-state index contributed by atoms with van der Waals surface area (Å²) in [5, 5.41) is 5.90. The summed E-state index contributed by atoms with van der Waals surface area (Å²) in [7, 11) is 0. The van der Waals surface area contributed by atoms with Crippen molar-refractivity contribution in [2.24, 2.45) is 0 Å². The summed E-state index contributed by atoms with van der Waals surface area (Å²) in [5.41, 5.74) is 2.94. The van der Waals surface area contributed by atoms with Gasteiger partial charge >= 0.3 is 0 Å². The van der Waals surface area contributed by atoms with Gasteiger partial charge in [0.25, 0.3) is 5.91 Å². The number of anilines is 3. The van der Waals surface area contributed by atoms with E-state index >= 15 is 0 Å². The number of para-hydroxylation sites is 1. The van der Waals surface area contributed by atoms with Crippen molar-refractivity contribution < 1.29 is 9.59 Å². The monoisotopic (exact) mass is 451 g/mol. The number of hydrogen-bond acceptors (Lipinski definition) is 3. The maximum Gasteiger partial charge on any atom is 0.258 e. The van der Waals surface area contributed by atoms with E-state index in [-0.39, 0.29) is 18.4 Å². The zero-order valence-corrected chi connectivity index (χ0v) is 17.6. The first-order valence-corrected chi connectivity index (χ1v) is 10.1. The summed E-state index contributed by atoms with van der Waals surface area (Å²) >= 11 is 3.38. The van der Waals surface area contributed by atoms with Gasteiger partial charge in [0, 0.05) is 33.6 Å². The minimum atomic E-state index is -0.161. The van der Waals surface area contributed by atoms with Crippen molar-refractivity contribution in [1.29, 1.82) is 0 Å². The molecule has 2 amide bonds. The number of benzene rings is 3. The standard InChI is InChI=1S/C23H22BrN3O2/c1-2-27(21-6-4-3-5-7-21)23(29)17-8-12-20(13-9-17)26-22(28)16-25-19-14-10-18(24)11-15-19/h3-15,25H,2,16H2,1H3,(H,26,28). The minimum absolute atomic E-state index is 0.0755.